The van der Waals surface area contributed by atoms with Gasteiger partial charge in [-0.1, -0.05) is 12.1 Å². The van der Waals surface area contributed by atoms with Crippen LogP contribution in [0, 0.1) is 13.8 Å². The number of rotatable bonds is 7. The molecule has 6 heteroatoms. The highest BCUT2D eigenvalue weighted by atomic mass is 16.5. The fourth-order valence-corrected chi connectivity index (χ4v) is 4.27. The second kappa shape index (κ2) is 9.35. The second-order valence-corrected chi connectivity index (χ2v) is 8.13. The van der Waals surface area contributed by atoms with Crippen molar-refractivity contribution >= 4 is 5.91 Å². The quantitative estimate of drug-likeness (QED) is 0.629. The van der Waals surface area contributed by atoms with Crippen molar-refractivity contribution in [2.75, 3.05) is 26.7 Å². The lowest BCUT2D eigenvalue weighted by molar-refractivity contribution is 0.0938. The summed E-state index contributed by atoms with van der Waals surface area (Å²) in [6, 6.07) is 18.0. The molecule has 1 aliphatic rings. The van der Waals surface area contributed by atoms with E-state index in [0.29, 0.717) is 12.1 Å². The second-order valence-electron chi connectivity index (χ2n) is 8.13. The summed E-state index contributed by atoms with van der Waals surface area (Å²) in [4.78, 5) is 15.3. The summed E-state index contributed by atoms with van der Waals surface area (Å²) in [6.07, 6.45) is 2.41. The van der Waals surface area contributed by atoms with Crippen molar-refractivity contribution in [3.8, 4) is 11.4 Å². The lowest BCUT2D eigenvalue weighted by atomic mass is 10.0. The molecule has 4 rings (SSSR count). The lowest BCUT2D eigenvalue weighted by Gasteiger charge is -2.28. The average Bonchev–Trinajstić information content (AvgIpc) is 3.44. The van der Waals surface area contributed by atoms with Gasteiger partial charge in [0.1, 0.15) is 5.75 Å². The van der Waals surface area contributed by atoms with Crippen LogP contribution in [0.15, 0.2) is 54.6 Å². The van der Waals surface area contributed by atoms with Gasteiger partial charge in [0.05, 0.1) is 24.5 Å². The Balaban J connectivity index is 1.45. The monoisotopic (exact) mass is 418 g/mol. The fraction of sp³-hybridized carbons (Fsp3) is 0.360. The number of methoxy groups -OCH3 is 1. The van der Waals surface area contributed by atoms with Gasteiger partial charge in [-0.15, -0.1) is 0 Å². The molecular formula is C25H30N4O2. The highest BCUT2D eigenvalue weighted by Crippen LogP contribution is 2.26. The Morgan fingerprint density at radius 3 is 2.32 bits per heavy atom. The topological polar surface area (TPSA) is 59.4 Å². The predicted octanol–water partition coefficient (Wildman–Crippen LogP) is 4.06. The molecule has 0 aliphatic carbocycles. The number of aromatic nitrogens is 2. The highest BCUT2D eigenvalue weighted by Gasteiger charge is 2.24. The molecule has 0 saturated carbocycles. The Morgan fingerprint density at radius 2 is 1.74 bits per heavy atom. The molecule has 0 radical (unpaired) electrons. The first-order chi connectivity index (χ1) is 15.0. The maximum atomic E-state index is 12.8. The number of hydrogen-bond acceptors (Lipinski definition) is 4. The minimum absolute atomic E-state index is 0.0578. The van der Waals surface area contributed by atoms with Crippen molar-refractivity contribution in [1.29, 1.82) is 0 Å². The molecule has 0 bridgehead atoms. The third-order valence-electron chi connectivity index (χ3n) is 5.92. The summed E-state index contributed by atoms with van der Waals surface area (Å²) in [6.45, 7) is 6.70. The largest absolute Gasteiger partial charge is 0.497 e. The average molecular weight is 419 g/mol. The van der Waals surface area contributed by atoms with E-state index in [1.165, 1.54) is 18.4 Å². The number of hydrogen-bond donors (Lipinski definition) is 1. The zero-order valence-corrected chi connectivity index (χ0v) is 18.5. The summed E-state index contributed by atoms with van der Waals surface area (Å²) >= 11 is 0. The molecule has 6 nitrogen and oxygen atoms in total. The molecule has 0 spiro atoms. The summed E-state index contributed by atoms with van der Waals surface area (Å²) in [7, 11) is 1.67. The van der Waals surface area contributed by atoms with Gasteiger partial charge in [-0.25, -0.2) is 4.68 Å². The number of carbonyl (C=O) groups is 1. The minimum atomic E-state index is -0.0578. The first-order valence-corrected chi connectivity index (χ1v) is 10.8. The third-order valence-corrected chi connectivity index (χ3v) is 5.92. The number of amides is 1. The van der Waals surface area contributed by atoms with Crippen LogP contribution in [0.3, 0.4) is 0 Å². The van der Waals surface area contributed by atoms with E-state index in [-0.39, 0.29) is 11.9 Å². The molecule has 1 atom stereocenters. The minimum Gasteiger partial charge on any atom is -0.497 e. The maximum absolute atomic E-state index is 12.8. The van der Waals surface area contributed by atoms with Crippen LogP contribution in [-0.2, 0) is 0 Å². The van der Waals surface area contributed by atoms with Gasteiger partial charge >= 0.3 is 0 Å². The van der Waals surface area contributed by atoms with Gasteiger partial charge in [-0.05, 0) is 87.8 Å². The molecule has 2 aromatic carbocycles. The molecule has 1 aliphatic heterocycles. The Hall–Kier alpha value is -3.12. The first-order valence-electron chi connectivity index (χ1n) is 10.8. The van der Waals surface area contributed by atoms with Crippen molar-refractivity contribution in [3.05, 3.63) is 77.1 Å². The van der Waals surface area contributed by atoms with E-state index in [9.17, 15) is 4.79 Å². The Morgan fingerprint density at radius 1 is 1.06 bits per heavy atom. The highest BCUT2D eigenvalue weighted by molar-refractivity contribution is 5.94. The van der Waals surface area contributed by atoms with E-state index in [0.717, 1.165) is 35.9 Å². The molecule has 162 valence electrons. The molecule has 1 saturated heterocycles. The lowest BCUT2D eigenvalue weighted by Crippen LogP contribution is -2.36. The number of carbonyl (C=O) groups excluding carboxylic acids is 1. The van der Waals surface area contributed by atoms with Crippen LogP contribution in [0.25, 0.3) is 5.69 Å². The standard InChI is InChI=1S/C25H30N4O2/c1-18-16-19(2)29(27-18)22-10-6-21(7-11-22)25(30)26-17-24(28-14-4-5-15-28)20-8-12-23(31-3)13-9-20/h6-13,16,24H,4-5,14-15,17H2,1-3H3,(H,26,30)/t24-/m0/s1. The van der Waals surface area contributed by atoms with Crippen molar-refractivity contribution < 1.29 is 9.53 Å². The molecule has 1 N–H and O–H groups in total. The van der Waals surface area contributed by atoms with Gasteiger partial charge in [-0.3, -0.25) is 9.69 Å². The number of ether oxygens (including phenoxy) is 1. The van der Waals surface area contributed by atoms with E-state index >= 15 is 0 Å². The number of nitrogens with one attached hydrogen (secondary N) is 1. The van der Waals surface area contributed by atoms with Crippen molar-refractivity contribution in [1.82, 2.24) is 20.0 Å². The third kappa shape index (κ3) is 4.80. The van der Waals surface area contributed by atoms with Gasteiger partial charge in [0.2, 0.25) is 0 Å². The number of likely N-dealkylation sites (tertiary alicyclic amines) is 1. The number of benzene rings is 2. The van der Waals surface area contributed by atoms with Crippen molar-refractivity contribution in [2.45, 2.75) is 32.7 Å². The van der Waals surface area contributed by atoms with Crippen molar-refractivity contribution in [3.63, 3.8) is 0 Å². The molecule has 1 aromatic heterocycles. The van der Waals surface area contributed by atoms with Gasteiger partial charge < -0.3 is 10.1 Å². The summed E-state index contributed by atoms with van der Waals surface area (Å²) in [5.74, 6) is 0.785. The molecule has 2 heterocycles. The van der Waals surface area contributed by atoms with E-state index in [1.807, 2.05) is 61.0 Å². The smallest absolute Gasteiger partial charge is 0.251 e. The molecule has 31 heavy (non-hydrogen) atoms. The molecule has 3 aromatic rings. The molecule has 1 fully saturated rings. The van der Waals surface area contributed by atoms with E-state index < -0.39 is 0 Å². The van der Waals surface area contributed by atoms with Gasteiger partial charge in [-0.2, -0.15) is 5.10 Å². The summed E-state index contributed by atoms with van der Waals surface area (Å²) in [5, 5.41) is 7.65. The molecule has 0 unspecified atom stereocenters. The zero-order valence-electron chi connectivity index (χ0n) is 18.5. The first kappa shape index (κ1) is 21.1. The maximum Gasteiger partial charge on any atom is 0.251 e. The SMILES string of the molecule is COc1ccc([C@H](CNC(=O)c2ccc(-n3nc(C)cc3C)cc2)N2CCCC2)cc1. The Kier molecular flexibility index (Phi) is 6.37. The van der Waals surface area contributed by atoms with Gasteiger partial charge in [0, 0.05) is 17.8 Å². The zero-order chi connectivity index (χ0) is 21.8. The van der Waals surface area contributed by atoms with Gasteiger partial charge in [0.15, 0.2) is 0 Å². The Bertz CT molecular complexity index is 1020. The van der Waals surface area contributed by atoms with Crippen molar-refractivity contribution in [2.24, 2.45) is 0 Å². The predicted molar refractivity (Wildman–Crippen MR) is 122 cm³/mol. The molecule has 1 amide bonds. The van der Waals surface area contributed by atoms with E-state index in [4.69, 9.17) is 4.74 Å². The van der Waals surface area contributed by atoms with Gasteiger partial charge in [0.25, 0.3) is 5.91 Å². The summed E-state index contributed by atoms with van der Waals surface area (Å²) < 4.78 is 7.18. The van der Waals surface area contributed by atoms with Crippen LogP contribution in [0.4, 0.5) is 0 Å². The fourth-order valence-electron chi connectivity index (χ4n) is 4.27. The number of nitrogens with zero attached hydrogens (tertiary/aromatic N) is 3. The van der Waals surface area contributed by atoms with Crippen LogP contribution in [0.5, 0.6) is 5.75 Å². The van der Waals surface area contributed by atoms with Crippen LogP contribution < -0.4 is 10.1 Å². The molecular weight excluding hydrogens is 388 g/mol. The van der Waals surface area contributed by atoms with E-state index in [2.05, 4.69) is 27.4 Å². The Labute approximate surface area is 183 Å². The van der Waals surface area contributed by atoms with Crippen LogP contribution in [0.2, 0.25) is 0 Å². The van der Waals surface area contributed by atoms with Crippen LogP contribution >= 0.6 is 0 Å². The summed E-state index contributed by atoms with van der Waals surface area (Å²) in [5.41, 5.74) is 4.85. The number of aryl methyl sites for hydroxylation is 2. The van der Waals surface area contributed by atoms with Crippen LogP contribution in [0.1, 0.15) is 46.2 Å². The van der Waals surface area contributed by atoms with Crippen LogP contribution in [-0.4, -0.2) is 47.3 Å². The normalized spacial score (nSPS) is 15.1. The van der Waals surface area contributed by atoms with E-state index in [1.54, 1.807) is 7.11 Å².